The maximum Gasteiger partial charge on any atom is 0.200 e. The summed E-state index contributed by atoms with van der Waals surface area (Å²) in [5.41, 5.74) is -0.894. The normalized spacial score (nSPS) is 10.8. The molecule has 2 aromatic carbocycles. The Morgan fingerprint density at radius 3 is 1.95 bits per heavy atom. The van der Waals surface area contributed by atoms with E-state index in [2.05, 4.69) is 0 Å². The van der Waals surface area contributed by atoms with Gasteiger partial charge in [-0.15, -0.1) is 11.8 Å². The van der Waals surface area contributed by atoms with Crippen molar-refractivity contribution in [1.29, 1.82) is 0 Å². The van der Waals surface area contributed by atoms with Crippen LogP contribution in [0.5, 0.6) is 5.75 Å². The molecule has 0 bridgehead atoms. The minimum absolute atomic E-state index is 0.0626. The molecule has 1 nitrogen and oxygen atoms in total. The molecule has 0 atom stereocenters. The van der Waals surface area contributed by atoms with Crippen molar-refractivity contribution >= 4 is 11.8 Å². The summed E-state index contributed by atoms with van der Waals surface area (Å²) in [5, 5.41) is 9.21. The van der Waals surface area contributed by atoms with Gasteiger partial charge in [-0.05, 0) is 18.2 Å². The van der Waals surface area contributed by atoms with Gasteiger partial charge in [0.25, 0.3) is 0 Å². The van der Waals surface area contributed by atoms with Gasteiger partial charge >= 0.3 is 0 Å². The fourth-order valence-corrected chi connectivity index (χ4v) is 2.45. The monoisotopic (exact) mass is 306 g/mol. The van der Waals surface area contributed by atoms with Crippen molar-refractivity contribution in [3.8, 4) is 5.75 Å². The zero-order chi connectivity index (χ0) is 14.9. The molecule has 0 fully saturated rings. The zero-order valence-electron chi connectivity index (χ0n) is 9.76. The van der Waals surface area contributed by atoms with Crippen molar-refractivity contribution in [3.05, 3.63) is 58.9 Å². The highest BCUT2D eigenvalue weighted by atomic mass is 32.2. The van der Waals surface area contributed by atoms with Crippen molar-refractivity contribution in [1.82, 2.24) is 0 Å². The van der Waals surface area contributed by atoms with Crippen molar-refractivity contribution in [2.24, 2.45) is 0 Å². The fraction of sp³-hybridized carbons (Fsp3) is 0.0769. The third kappa shape index (κ3) is 2.72. The SMILES string of the molecule is Oc1cccc(SCc2c(F)c(F)c(F)c(F)c2F)c1. The molecule has 0 amide bonds. The van der Waals surface area contributed by atoms with E-state index in [-0.39, 0.29) is 5.75 Å². The summed E-state index contributed by atoms with van der Waals surface area (Å²) in [5.74, 6) is -10.3. The summed E-state index contributed by atoms with van der Waals surface area (Å²) in [7, 11) is 0. The minimum Gasteiger partial charge on any atom is -0.508 e. The fourth-order valence-electron chi connectivity index (χ4n) is 1.51. The zero-order valence-corrected chi connectivity index (χ0v) is 10.6. The molecule has 0 aliphatic rings. The van der Waals surface area contributed by atoms with Crippen molar-refractivity contribution in [2.45, 2.75) is 10.6 Å². The first kappa shape index (κ1) is 14.6. The van der Waals surface area contributed by atoms with Gasteiger partial charge in [-0.1, -0.05) is 6.07 Å². The molecule has 7 heteroatoms. The highest BCUT2D eigenvalue weighted by molar-refractivity contribution is 7.98. The lowest BCUT2D eigenvalue weighted by Crippen LogP contribution is -2.06. The van der Waals surface area contributed by atoms with Gasteiger partial charge in [-0.3, -0.25) is 0 Å². The summed E-state index contributed by atoms with van der Waals surface area (Å²) in [4.78, 5) is 0.439. The van der Waals surface area contributed by atoms with Gasteiger partial charge in [-0.25, -0.2) is 22.0 Å². The molecule has 0 aliphatic heterocycles. The Labute approximate surface area is 115 Å². The molecule has 0 spiro atoms. The van der Waals surface area contributed by atoms with Crippen LogP contribution in [0.2, 0.25) is 0 Å². The predicted octanol–water partition coefficient (Wildman–Crippen LogP) is 4.38. The molecule has 0 saturated carbocycles. The van der Waals surface area contributed by atoms with Crippen LogP contribution in [-0.4, -0.2) is 5.11 Å². The molecule has 0 radical (unpaired) electrons. The van der Waals surface area contributed by atoms with Gasteiger partial charge in [0.05, 0.1) is 0 Å². The Bertz CT molecular complexity index is 630. The molecule has 0 saturated heterocycles. The smallest absolute Gasteiger partial charge is 0.200 e. The first-order valence-electron chi connectivity index (χ1n) is 5.34. The molecule has 0 heterocycles. The highest BCUT2D eigenvalue weighted by Crippen LogP contribution is 2.30. The highest BCUT2D eigenvalue weighted by Gasteiger charge is 2.25. The minimum atomic E-state index is -2.17. The number of hydrogen-bond donors (Lipinski definition) is 1. The van der Waals surface area contributed by atoms with Crippen LogP contribution < -0.4 is 0 Å². The third-order valence-electron chi connectivity index (χ3n) is 2.50. The van der Waals surface area contributed by atoms with Crippen LogP contribution in [0.3, 0.4) is 0 Å². The molecular formula is C13H7F5OS. The maximum absolute atomic E-state index is 13.4. The molecule has 2 aromatic rings. The van der Waals surface area contributed by atoms with E-state index in [0.29, 0.717) is 4.90 Å². The van der Waals surface area contributed by atoms with E-state index in [4.69, 9.17) is 0 Å². The van der Waals surface area contributed by atoms with Crippen LogP contribution in [0.25, 0.3) is 0 Å². The molecule has 0 aliphatic carbocycles. The Balaban J connectivity index is 2.30. The lowest BCUT2D eigenvalue weighted by Gasteiger charge is -2.08. The molecule has 20 heavy (non-hydrogen) atoms. The van der Waals surface area contributed by atoms with Crippen LogP contribution >= 0.6 is 11.8 Å². The molecule has 106 valence electrons. The van der Waals surface area contributed by atoms with Gasteiger partial charge in [-0.2, -0.15) is 0 Å². The first-order valence-corrected chi connectivity index (χ1v) is 6.32. The van der Waals surface area contributed by atoms with E-state index >= 15 is 0 Å². The van der Waals surface area contributed by atoms with E-state index in [0.717, 1.165) is 11.8 Å². The van der Waals surface area contributed by atoms with Gasteiger partial charge in [0.15, 0.2) is 23.3 Å². The predicted molar refractivity (Wildman–Crippen MR) is 63.9 cm³/mol. The van der Waals surface area contributed by atoms with Gasteiger partial charge in [0.1, 0.15) is 5.75 Å². The summed E-state index contributed by atoms with van der Waals surface area (Å²) in [6.07, 6.45) is 0. The molecular weight excluding hydrogens is 299 g/mol. The summed E-state index contributed by atoms with van der Waals surface area (Å²) >= 11 is 0.844. The number of thioether (sulfide) groups is 1. The van der Waals surface area contributed by atoms with Crippen molar-refractivity contribution < 1.29 is 27.1 Å². The maximum atomic E-state index is 13.4. The van der Waals surface area contributed by atoms with Gasteiger partial charge < -0.3 is 5.11 Å². The number of hydrogen-bond acceptors (Lipinski definition) is 2. The third-order valence-corrected chi connectivity index (χ3v) is 3.52. The summed E-state index contributed by atoms with van der Waals surface area (Å²) in [6.45, 7) is 0. The lowest BCUT2D eigenvalue weighted by molar-refractivity contribution is 0.372. The topological polar surface area (TPSA) is 20.2 Å². The van der Waals surface area contributed by atoms with Crippen LogP contribution in [-0.2, 0) is 5.75 Å². The van der Waals surface area contributed by atoms with Crippen molar-refractivity contribution in [3.63, 3.8) is 0 Å². The average molecular weight is 306 g/mol. The molecule has 1 N–H and O–H groups in total. The second kappa shape index (κ2) is 5.70. The van der Waals surface area contributed by atoms with Crippen molar-refractivity contribution in [2.75, 3.05) is 0 Å². The standard InChI is InChI=1S/C13H7F5OS/c14-9-8(10(15)12(17)13(18)11(9)16)5-20-7-3-1-2-6(19)4-7/h1-4,19H,5H2. The van der Waals surface area contributed by atoms with Gasteiger partial charge in [0.2, 0.25) is 5.82 Å². The number of rotatable bonds is 3. The molecule has 0 aromatic heterocycles. The van der Waals surface area contributed by atoms with E-state index in [1.54, 1.807) is 0 Å². The Morgan fingerprint density at radius 2 is 1.40 bits per heavy atom. The van der Waals surface area contributed by atoms with Gasteiger partial charge in [0, 0.05) is 16.2 Å². The van der Waals surface area contributed by atoms with Crippen LogP contribution in [0.4, 0.5) is 22.0 Å². The van der Waals surface area contributed by atoms with Crippen LogP contribution in [0.1, 0.15) is 5.56 Å². The first-order chi connectivity index (χ1) is 9.41. The number of phenolic OH excluding ortho intramolecular Hbond substituents is 1. The largest absolute Gasteiger partial charge is 0.508 e. The quantitative estimate of drug-likeness (QED) is 0.393. The molecule has 0 unspecified atom stereocenters. The van der Waals surface area contributed by atoms with E-state index < -0.39 is 40.4 Å². The summed E-state index contributed by atoms with van der Waals surface area (Å²) < 4.78 is 65.6. The summed E-state index contributed by atoms with van der Waals surface area (Å²) in [6, 6.07) is 5.74. The molecule has 2 rings (SSSR count). The Hall–Kier alpha value is -1.76. The Morgan fingerprint density at radius 1 is 0.850 bits per heavy atom. The van der Waals surface area contributed by atoms with E-state index in [1.165, 1.54) is 24.3 Å². The van der Waals surface area contributed by atoms with Crippen LogP contribution in [0.15, 0.2) is 29.2 Å². The van der Waals surface area contributed by atoms with E-state index in [1.807, 2.05) is 0 Å². The second-order valence-corrected chi connectivity index (χ2v) is 4.88. The van der Waals surface area contributed by atoms with Crippen LogP contribution in [0, 0.1) is 29.1 Å². The number of phenols is 1. The van der Waals surface area contributed by atoms with E-state index in [9.17, 15) is 27.1 Å². The number of aromatic hydroxyl groups is 1. The Kier molecular flexibility index (Phi) is 4.17. The number of halogens is 5. The average Bonchev–Trinajstić information content (AvgIpc) is 2.43. The number of benzene rings is 2. The second-order valence-electron chi connectivity index (χ2n) is 3.83. The lowest BCUT2D eigenvalue weighted by atomic mass is 10.2.